The first kappa shape index (κ1) is 15.4. The van der Waals surface area contributed by atoms with Gasteiger partial charge in [0.15, 0.2) is 0 Å². The quantitative estimate of drug-likeness (QED) is 0.684. The number of benzene rings is 1. The van der Waals surface area contributed by atoms with Gasteiger partial charge in [-0.3, -0.25) is 9.59 Å². The third-order valence-electron chi connectivity index (χ3n) is 2.49. The number of amides is 2. The molecule has 1 atom stereocenters. The van der Waals surface area contributed by atoms with Gasteiger partial charge in [-0.2, -0.15) is 0 Å². The Morgan fingerprint density at radius 2 is 2.00 bits per heavy atom. The van der Waals surface area contributed by atoms with Gasteiger partial charge in [0.1, 0.15) is 6.04 Å². The van der Waals surface area contributed by atoms with E-state index in [2.05, 4.69) is 17.2 Å². The molecule has 6 heteroatoms. The highest BCUT2D eigenvalue weighted by atomic mass is 16.4. The second-order valence-electron chi connectivity index (χ2n) is 4.12. The molecule has 1 rings (SSSR count). The number of rotatable bonds is 6. The summed E-state index contributed by atoms with van der Waals surface area (Å²) in [5.41, 5.74) is 0.540. The second kappa shape index (κ2) is 7.08. The van der Waals surface area contributed by atoms with Crippen LogP contribution in [0.3, 0.4) is 0 Å². The molecular weight excluding hydrogens is 260 g/mol. The van der Waals surface area contributed by atoms with Crippen molar-refractivity contribution >= 4 is 23.5 Å². The van der Waals surface area contributed by atoms with Crippen molar-refractivity contribution in [3.63, 3.8) is 0 Å². The van der Waals surface area contributed by atoms with Gasteiger partial charge in [-0.1, -0.05) is 18.2 Å². The molecule has 1 aromatic carbocycles. The van der Waals surface area contributed by atoms with Crippen LogP contribution in [0.5, 0.6) is 0 Å². The van der Waals surface area contributed by atoms with Gasteiger partial charge < -0.3 is 15.7 Å². The number of hydrogen-bond acceptors (Lipinski definition) is 3. The van der Waals surface area contributed by atoms with Crippen LogP contribution in [0.15, 0.2) is 36.9 Å². The third-order valence-corrected chi connectivity index (χ3v) is 2.49. The molecule has 0 aliphatic carbocycles. The van der Waals surface area contributed by atoms with Crippen LogP contribution < -0.4 is 10.6 Å². The second-order valence-corrected chi connectivity index (χ2v) is 4.12. The molecule has 0 aliphatic heterocycles. The fraction of sp³-hybridized carbons (Fsp3) is 0.214. The Bertz CT molecular complexity index is 540. The fourth-order valence-electron chi connectivity index (χ4n) is 1.60. The minimum atomic E-state index is -1.14. The van der Waals surface area contributed by atoms with E-state index in [0.29, 0.717) is 5.69 Å². The van der Waals surface area contributed by atoms with Crippen molar-refractivity contribution in [1.29, 1.82) is 0 Å². The van der Waals surface area contributed by atoms with Gasteiger partial charge in [0.05, 0.1) is 11.3 Å². The first-order valence-electron chi connectivity index (χ1n) is 5.97. The zero-order valence-corrected chi connectivity index (χ0v) is 11.1. The van der Waals surface area contributed by atoms with E-state index in [1.807, 2.05) is 0 Å². The molecule has 6 nitrogen and oxygen atoms in total. The van der Waals surface area contributed by atoms with E-state index in [1.165, 1.54) is 19.1 Å². The van der Waals surface area contributed by atoms with Crippen LogP contribution >= 0.6 is 0 Å². The summed E-state index contributed by atoms with van der Waals surface area (Å²) in [6.45, 7) is 4.77. The van der Waals surface area contributed by atoms with Crippen LogP contribution in [0.2, 0.25) is 0 Å². The summed E-state index contributed by atoms with van der Waals surface area (Å²) in [7, 11) is 0. The molecule has 0 bridgehead atoms. The molecular formula is C14H16N2O4. The lowest BCUT2D eigenvalue weighted by atomic mass is 10.1. The van der Waals surface area contributed by atoms with Gasteiger partial charge in [-0.05, 0) is 18.6 Å². The van der Waals surface area contributed by atoms with Gasteiger partial charge in [0.25, 0.3) is 5.91 Å². The summed E-state index contributed by atoms with van der Waals surface area (Å²) in [6.07, 6.45) is 1.53. The van der Waals surface area contributed by atoms with E-state index < -0.39 is 17.9 Å². The van der Waals surface area contributed by atoms with Crippen molar-refractivity contribution in [2.45, 2.75) is 19.4 Å². The largest absolute Gasteiger partial charge is 0.480 e. The van der Waals surface area contributed by atoms with Crippen LogP contribution in [0.1, 0.15) is 23.7 Å². The summed E-state index contributed by atoms with van der Waals surface area (Å²) in [5.74, 6) is -2.02. The number of anilines is 1. The van der Waals surface area contributed by atoms with Gasteiger partial charge in [0.2, 0.25) is 5.91 Å². The van der Waals surface area contributed by atoms with E-state index in [4.69, 9.17) is 5.11 Å². The van der Waals surface area contributed by atoms with Gasteiger partial charge >= 0.3 is 5.97 Å². The molecule has 0 radical (unpaired) electrons. The van der Waals surface area contributed by atoms with Crippen molar-refractivity contribution in [2.75, 3.05) is 5.32 Å². The molecule has 0 unspecified atom stereocenters. The van der Waals surface area contributed by atoms with Crippen molar-refractivity contribution in [3.05, 3.63) is 42.5 Å². The van der Waals surface area contributed by atoms with Crippen molar-refractivity contribution in [1.82, 2.24) is 5.32 Å². The minimum Gasteiger partial charge on any atom is -0.480 e. The first-order chi connectivity index (χ1) is 9.45. The lowest BCUT2D eigenvalue weighted by Gasteiger charge is -2.14. The number of carbonyl (C=O) groups is 3. The third kappa shape index (κ3) is 4.24. The summed E-state index contributed by atoms with van der Waals surface area (Å²) in [6, 6.07) is 5.32. The average molecular weight is 276 g/mol. The summed E-state index contributed by atoms with van der Waals surface area (Å²) in [5, 5.41) is 13.9. The highest BCUT2D eigenvalue weighted by Gasteiger charge is 2.20. The van der Waals surface area contributed by atoms with Crippen LogP contribution in [0.4, 0.5) is 5.69 Å². The van der Waals surface area contributed by atoms with Crippen molar-refractivity contribution < 1.29 is 19.5 Å². The number of aliphatic carboxylic acids is 1. The molecule has 106 valence electrons. The molecule has 0 saturated heterocycles. The predicted molar refractivity (Wildman–Crippen MR) is 74.4 cm³/mol. The number of nitrogens with one attached hydrogen (secondary N) is 2. The molecule has 20 heavy (non-hydrogen) atoms. The van der Waals surface area contributed by atoms with E-state index >= 15 is 0 Å². The summed E-state index contributed by atoms with van der Waals surface area (Å²) >= 11 is 0. The summed E-state index contributed by atoms with van der Waals surface area (Å²) < 4.78 is 0. The highest BCUT2D eigenvalue weighted by Crippen LogP contribution is 2.15. The van der Waals surface area contributed by atoms with Crippen LogP contribution in [-0.2, 0) is 9.59 Å². The molecule has 0 aromatic heterocycles. The van der Waals surface area contributed by atoms with E-state index in [9.17, 15) is 14.4 Å². The Morgan fingerprint density at radius 1 is 1.35 bits per heavy atom. The maximum Gasteiger partial charge on any atom is 0.326 e. The van der Waals surface area contributed by atoms with Crippen LogP contribution in [0.25, 0.3) is 0 Å². The number of carbonyl (C=O) groups excluding carboxylic acids is 2. The maximum atomic E-state index is 12.1. The van der Waals surface area contributed by atoms with Crippen molar-refractivity contribution in [2.24, 2.45) is 0 Å². The standard InChI is InChI=1S/C14H16N2O4/c1-3-6-12(14(19)20)16-13(18)10-7-4-5-8-11(10)15-9(2)17/h3-5,7-8,12H,1,6H2,2H3,(H,15,17)(H,16,18)(H,19,20)/t12-/m0/s1. The molecule has 0 saturated carbocycles. The molecule has 0 spiro atoms. The highest BCUT2D eigenvalue weighted by molar-refractivity contribution is 6.04. The molecule has 0 fully saturated rings. The van der Waals surface area contributed by atoms with E-state index in [0.717, 1.165) is 0 Å². The Hall–Kier alpha value is -2.63. The Balaban J connectivity index is 2.93. The SMILES string of the molecule is C=CC[C@H](NC(=O)c1ccccc1NC(C)=O)C(=O)O. The van der Waals surface area contributed by atoms with Crippen LogP contribution in [0, 0.1) is 0 Å². The Kier molecular flexibility index (Phi) is 5.46. The number of carboxylic acid groups (broad SMARTS) is 1. The Morgan fingerprint density at radius 3 is 2.55 bits per heavy atom. The van der Waals surface area contributed by atoms with Gasteiger partial charge in [-0.15, -0.1) is 6.58 Å². The Labute approximate surface area is 116 Å². The lowest BCUT2D eigenvalue weighted by Crippen LogP contribution is -2.40. The van der Waals surface area contributed by atoms with E-state index in [1.54, 1.807) is 18.2 Å². The predicted octanol–water partition coefficient (Wildman–Crippen LogP) is 1.40. The monoisotopic (exact) mass is 276 g/mol. The van der Waals surface area contributed by atoms with Crippen molar-refractivity contribution in [3.8, 4) is 0 Å². The number of hydrogen-bond donors (Lipinski definition) is 3. The van der Waals surface area contributed by atoms with E-state index in [-0.39, 0.29) is 17.9 Å². The molecule has 0 aliphatic rings. The first-order valence-corrected chi connectivity index (χ1v) is 5.97. The summed E-state index contributed by atoms with van der Waals surface area (Å²) in [4.78, 5) is 34.1. The molecule has 0 heterocycles. The van der Waals surface area contributed by atoms with Crippen LogP contribution in [-0.4, -0.2) is 28.9 Å². The number of para-hydroxylation sites is 1. The zero-order valence-electron chi connectivity index (χ0n) is 11.1. The molecule has 3 N–H and O–H groups in total. The smallest absolute Gasteiger partial charge is 0.326 e. The maximum absolute atomic E-state index is 12.1. The molecule has 1 aromatic rings. The number of carboxylic acids is 1. The minimum absolute atomic E-state index is 0.114. The molecule has 2 amide bonds. The average Bonchev–Trinajstić information content (AvgIpc) is 2.37. The zero-order chi connectivity index (χ0) is 15.1. The lowest BCUT2D eigenvalue weighted by molar-refractivity contribution is -0.139. The van der Waals surface area contributed by atoms with Gasteiger partial charge in [0, 0.05) is 6.92 Å². The fourth-order valence-corrected chi connectivity index (χ4v) is 1.60. The normalized spacial score (nSPS) is 11.2. The topological polar surface area (TPSA) is 95.5 Å². The van der Waals surface area contributed by atoms with Gasteiger partial charge in [-0.25, -0.2) is 4.79 Å².